The van der Waals surface area contributed by atoms with Crippen LogP contribution in [0, 0.1) is 0 Å². The van der Waals surface area contributed by atoms with Crippen molar-refractivity contribution in [2.24, 2.45) is 0 Å². The van der Waals surface area contributed by atoms with Crippen molar-refractivity contribution in [3.63, 3.8) is 0 Å². The van der Waals surface area contributed by atoms with E-state index in [4.69, 9.17) is 21.1 Å². The Morgan fingerprint density at radius 1 is 1.26 bits per heavy atom. The zero-order chi connectivity index (χ0) is 15.6. The monoisotopic (exact) mass is 369 g/mol. The molecule has 0 bridgehead atoms. The lowest BCUT2D eigenvalue weighted by molar-refractivity contribution is 0.297. The molecule has 2 aliphatic rings. The predicted molar refractivity (Wildman–Crippen MR) is 93.2 cm³/mol. The van der Waals surface area contributed by atoms with Gasteiger partial charge in [-0.05, 0) is 30.5 Å². The van der Waals surface area contributed by atoms with Crippen LogP contribution in [0.15, 0.2) is 16.5 Å². The van der Waals surface area contributed by atoms with Crippen LogP contribution in [0.1, 0.15) is 24.8 Å². The lowest BCUT2D eigenvalue weighted by Crippen LogP contribution is -1.99. The number of anilines is 1. The maximum atomic E-state index is 6.32. The normalized spacial score (nSPS) is 16.9. The molecule has 8 heteroatoms. The number of rotatable bonds is 5. The molecule has 1 N–H and O–H groups in total. The Morgan fingerprint density at radius 3 is 3.00 bits per heavy atom. The highest BCUT2D eigenvalue weighted by molar-refractivity contribution is 8.00. The van der Waals surface area contributed by atoms with Gasteiger partial charge in [0.1, 0.15) is 0 Å². The third-order valence-corrected chi connectivity index (χ3v) is 5.88. The van der Waals surface area contributed by atoms with Crippen molar-refractivity contribution in [1.29, 1.82) is 0 Å². The summed E-state index contributed by atoms with van der Waals surface area (Å²) in [5.74, 6) is 2.16. The summed E-state index contributed by atoms with van der Waals surface area (Å²) >= 11 is 9.57. The molecule has 1 fully saturated rings. The van der Waals surface area contributed by atoms with E-state index in [1.54, 1.807) is 23.1 Å². The average molecular weight is 370 g/mol. The molecule has 1 saturated carbocycles. The van der Waals surface area contributed by atoms with Crippen LogP contribution in [0.5, 0.6) is 11.5 Å². The van der Waals surface area contributed by atoms with Crippen LogP contribution in [0.25, 0.3) is 0 Å². The zero-order valence-electron chi connectivity index (χ0n) is 12.4. The van der Waals surface area contributed by atoms with Gasteiger partial charge in [0.15, 0.2) is 15.8 Å². The van der Waals surface area contributed by atoms with Crippen LogP contribution in [0.3, 0.4) is 0 Å². The molecule has 0 atom stereocenters. The quantitative estimate of drug-likeness (QED) is 0.796. The molecule has 0 unspecified atom stereocenters. The number of thioether (sulfide) groups is 1. The standard InChI is InChI=1S/C15H16ClN3O2S2/c16-11-6-9(7-12-13(11)21-5-1-4-20-12)8-22-15-19-18-14(23-15)17-10-2-3-10/h6-7,10H,1-5,8H2,(H,17,18). The molecule has 2 aromatic rings. The second kappa shape index (κ2) is 6.75. The number of hydrogen-bond acceptors (Lipinski definition) is 7. The van der Waals surface area contributed by atoms with E-state index in [1.165, 1.54) is 12.8 Å². The van der Waals surface area contributed by atoms with Crippen molar-refractivity contribution in [1.82, 2.24) is 10.2 Å². The Labute approximate surface area is 147 Å². The van der Waals surface area contributed by atoms with Gasteiger partial charge in [-0.15, -0.1) is 10.2 Å². The Balaban J connectivity index is 1.43. The van der Waals surface area contributed by atoms with E-state index in [0.717, 1.165) is 33.0 Å². The molecule has 4 rings (SSSR count). The number of nitrogens with one attached hydrogen (secondary N) is 1. The molecule has 23 heavy (non-hydrogen) atoms. The summed E-state index contributed by atoms with van der Waals surface area (Å²) in [6.07, 6.45) is 3.34. The number of hydrogen-bond donors (Lipinski definition) is 1. The van der Waals surface area contributed by atoms with Crippen molar-refractivity contribution < 1.29 is 9.47 Å². The van der Waals surface area contributed by atoms with Crippen molar-refractivity contribution in [2.45, 2.75) is 35.4 Å². The lowest BCUT2D eigenvalue weighted by atomic mass is 10.2. The van der Waals surface area contributed by atoms with Crippen LogP contribution >= 0.6 is 34.7 Å². The number of nitrogens with zero attached hydrogens (tertiary/aromatic N) is 2. The minimum Gasteiger partial charge on any atom is -0.489 e. The van der Waals surface area contributed by atoms with Crippen LogP contribution < -0.4 is 14.8 Å². The zero-order valence-corrected chi connectivity index (χ0v) is 14.8. The summed E-state index contributed by atoms with van der Waals surface area (Å²) in [6, 6.07) is 4.54. The van der Waals surface area contributed by atoms with Gasteiger partial charge in [0.25, 0.3) is 0 Å². The van der Waals surface area contributed by atoms with Crippen molar-refractivity contribution in [3.05, 3.63) is 22.7 Å². The topological polar surface area (TPSA) is 56.3 Å². The molecule has 1 aromatic heterocycles. The Hall–Kier alpha value is -1.18. The van der Waals surface area contributed by atoms with E-state index in [1.807, 2.05) is 12.1 Å². The predicted octanol–water partition coefficient (Wildman–Crippen LogP) is 4.22. The number of benzene rings is 1. The third-order valence-electron chi connectivity index (χ3n) is 3.54. The number of aromatic nitrogens is 2. The van der Waals surface area contributed by atoms with E-state index < -0.39 is 0 Å². The van der Waals surface area contributed by atoms with E-state index in [2.05, 4.69) is 15.5 Å². The third kappa shape index (κ3) is 3.84. The smallest absolute Gasteiger partial charge is 0.206 e. The fraction of sp³-hybridized carbons (Fsp3) is 0.467. The Morgan fingerprint density at radius 2 is 2.13 bits per heavy atom. The van der Waals surface area contributed by atoms with Crippen molar-refractivity contribution in [2.75, 3.05) is 18.5 Å². The first kappa shape index (κ1) is 15.4. The first-order chi connectivity index (χ1) is 11.3. The molecule has 1 aromatic carbocycles. The molecular formula is C15H16ClN3O2S2. The van der Waals surface area contributed by atoms with Crippen molar-refractivity contribution >= 4 is 39.8 Å². The van der Waals surface area contributed by atoms with Gasteiger partial charge in [-0.25, -0.2) is 0 Å². The van der Waals surface area contributed by atoms with Gasteiger partial charge >= 0.3 is 0 Å². The molecule has 0 amide bonds. The van der Waals surface area contributed by atoms with Gasteiger partial charge in [0.2, 0.25) is 5.13 Å². The van der Waals surface area contributed by atoms with E-state index in [-0.39, 0.29) is 0 Å². The number of fused-ring (bicyclic) bond motifs is 1. The molecule has 1 aliphatic heterocycles. The second-order valence-electron chi connectivity index (χ2n) is 5.54. The molecular weight excluding hydrogens is 354 g/mol. The van der Waals surface area contributed by atoms with Crippen LogP contribution in [0.4, 0.5) is 5.13 Å². The first-order valence-corrected chi connectivity index (χ1v) is 9.77. The SMILES string of the molecule is Clc1cc(CSc2nnc(NC3CC3)s2)cc2c1OCCCO2. The highest BCUT2D eigenvalue weighted by atomic mass is 35.5. The highest BCUT2D eigenvalue weighted by Gasteiger charge is 2.22. The van der Waals surface area contributed by atoms with Gasteiger partial charge in [-0.3, -0.25) is 0 Å². The van der Waals surface area contributed by atoms with E-state index in [9.17, 15) is 0 Å². The molecule has 1 aliphatic carbocycles. The number of halogens is 1. The van der Waals surface area contributed by atoms with E-state index >= 15 is 0 Å². The largest absolute Gasteiger partial charge is 0.489 e. The Bertz CT molecular complexity index is 706. The van der Waals surface area contributed by atoms with Crippen LogP contribution in [-0.2, 0) is 5.75 Å². The summed E-state index contributed by atoms with van der Waals surface area (Å²) < 4.78 is 12.3. The minimum absolute atomic E-state index is 0.598. The lowest BCUT2D eigenvalue weighted by Gasteiger charge is -2.11. The molecule has 122 valence electrons. The summed E-state index contributed by atoms with van der Waals surface area (Å²) in [7, 11) is 0. The minimum atomic E-state index is 0.598. The molecule has 0 radical (unpaired) electrons. The average Bonchev–Trinajstić information content (AvgIpc) is 3.28. The molecule has 0 saturated heterocycles. The van der Waals surface area contributed by atoms with Crippen LogP contribution in [-0.4, -0.2) is 29.5 Å². The fourth-order valence-corrected chi connectivity index (χ4v) is 4.29. The van der Waals surface area contributed by atoms with Gasteiger partial charge in [0, 0.05) is 18.2 Å². The first-order valence-electron chi connectivity index (χ1n) is 7.59. The molecule has 5 nitrogen and oxygen atoms in total. The maximum absolute atomic E-state index is 6.32. The van der Waals surface area contributed by atoms with Gasteiger partial charge < -0.3 is 14.8 Å². The summed E-state index contributed by atoms with van der Waals surface area (Å²) in [6.45, 7) is 1.30. The second-order valence-corrected chi connectivity index (χ2v) is 8.14. The highest BCUT2D eigenvalue weighted by Crippen LogP contribution is 2.39. The van der Waals surface area contributed by atoms with Gasteiger partial charge in [-0.2, -0.15) is 0 Å². The van der Waals surface area contributed by atoms with Crippen molar-refractivity contribution in [3.8, 4) is 11.5 Å². The summed E-state index contributed by atoms with van der Waals surface area (Å²) in [4.78, 5) is 0. The van der Waals surface area contributed by atoms with Crippen LogP contribution in [0.2, 0.25) is 5.02 Å². The Kier molecular flexibility index (Phi) is 4.50. The maximum Gasteiger partial charge on any atom is 0.206 e. The summed E-state index contributed by atoms with van der Waals surface area (Å²) in [5.41, 5.74) is 1.09. The van der Waals surface area contributed by atoms with Gasteiger partial charge in [-0.1, -0.05) is 34.7 Å². The van der Waals surface area contributed by atoms with E-state index in [0.29, 0.717) is 30.0 Å². The van der Waals surface area contributed by atoms with Gasteiger partial charge in [0.05, 0.1) is 18.2 Å². The molecule has 2 heterocycles. The number of ether oxygens (including phenoxy) is 2. The summed E-state index contributed by atoms with van der Waals surface area (Å²) in [5, 5.41) is 13.3. The molecule has 0 spiro atoms. The fourth-order valence-electron chi connectivity index (χ4n) is 2.24.